The van der Waals surface area contributed by atoms with Crippen molar-refractivity contribution in [3.8, 4) is 0 Å². The van der Waals surface area contributed by atoms with Gasteiger partial charge in [0.2, 0.25) is 10.0 Å². The van der Waals surface area contributed by atoms with Gasteiger partial charge in [-0.1, -0.05) is 19.9 Å². The summed E-state index contributed by atoms with van der Waals surface area (Å²) in [5.41, 5.74) is 0.800. The van der Waals surface area contributed by atoms with Crippen LogP contribution in [-0.4, -0.2) is 38.3 Å². The molecule has 0 unspecified atom stereocenters. The van der Waals surface area contributed by atoms with E-state index in [9.17, 15) is 8.42 Å². The van der Waals surface area contributed by atoms with Crippen molar-refractivity contribution in [2.75, 3.05) is 18.8 Å². The van der Waals surface area contributed by atoms with Crippen LogP contribution in [0.2, 0.25) is 0 Å². The Hall–Kier alpha value is -0.980. The van der Waals surface area contributed by atoms with Gasteiger partial charge in [-0.3, -0.25) is 4.98 Å². The first-order chi connectivity index (χ1) is 8.99. The maximum absolute atomic E-state index is 11.7. The van der Waals surface area contributed by atoms with Crippen LogP contribution >= 0.6 is 0 Å². The third-order valence-electron chi connectivity index (χ3n) is 2.58. The first-order valence-corrected chi connectivity index (χ1v) is 8.25. The lowest BCUT2D eigenvalue weighted by atomic mass is 10.3. The second-order valence-corrected chi connectivity index (χ2v) is 6.67. The van der Waals surface area contributed by atoms with E-state index in [2.05, 4.69) is 28.9 Å². The smallest absolute Gasteiger partial charge is 0.211 e. The van der Waals surface area contributed by atoms with Gasteiger partial charge in [-0.05, 0) is 25.1 Å². The van der Waals surface area contributed by atoms with E-state index in [1.54, 1.807) is 6.20 Å². The molecule has 5 nitrogen and oxygen atoms in total. The molecular formula is C13H23N3O2S. The molecule has 0 spiro atoms. The number of nitrogens with zero attached hydrogens (tertiary/aromatic N) is 1. The van der Waals surface area contributed by atoms with E-state index in [-0.39, 0.29) is 5.75 Å². The van der Waals surface area contributed by atoms with Gasteiger partial charge in [-0.2, -0.15) is 0 Å². The number of sulfonamides is 1. The molecule has 0 saturated carbocycles. The minimum Gasteiger partial charge on any atom is -0.314 e. The van der Waals surface area contributed by atoms with E-state index in [1.807, 2.05) is 18.2 Å². The van der Waals surface area contributed by atoms with Gasteiger partial charge in [-0.15, -0.1) is 0 Å². The second kappa shape index (κ2) is 8.24. The van der Waals surface area contributed by atoms with Crippen molar-refractivity contribution in [2.24, 2.45) is 0 Å². The summed E-state index contributed by atoms with van der Waals surface area (Å²) in [7, 11) is -3.20. The lowest BCUT2D eigenvalue weighted by molar-refractivity contribution is 0.554. The van der Waals surface area contributed by atoms with Crippen LogP contribution < -0.4 is 10.0 Å². The fraction of sp³-hybridized carbons (Fsp3) is 0.615. The van der Waals surface area contributed by atoms with Gasteiger partial charge < -0.3 is 5.32 Å². The van der Waals surface area contributed by atoms with E-state index in [1.165, 1.54) is 0 Å². The largest absolute Gasteiger partial charge is 0.314 e. The number of aryl methyl sites for hydroxylation is 1. The Morgan fingerprint density at radius 3 is 2.68 bits per heavy atom. The van der Waals surface area contributed by atoms with Gasteiger partial charge in [0.25, 0.3) is 0 Å². The minimum absolute atomic E-state index is 0.0849. The second-order valence-electron chi connectivity index (χ2n) is 4.75. The van der Waals surface area contributed by atoms with Gasteiger partial charge in [0.05, 0.1) is 5.75 Å². The lowest BCUT2D eigenvalue weighted by Crippen LogP contribution is -2.31. The molecule has 0 aromatic carbocycles. The predicted molar refractivity (Wildman–Crippen MR) is 77.5 cm³/mol. The molecule has 0 aliphatic heterocycles. The van der Waals surface area contributed by atoms with Gasteiger partial charge in [0.15, 0.2) is 0 Å². The Bertz CT molecular complexity index is 446. The topological polar surface area (TPSA) is 71.1 Å². The van der Waals surface area contributed by atoms with Crippen LogP contribution in [0.15, 0.2) is 24.4 Å². The third kappa shape index (κ3) is 7.92. The van der Waals surface area contributed by atoms with Crippen LogP contribution in [0.25, 0.3) is 0 Å². The van der Waals surface area contributed by atoms with Crippen LogP contribution in [0.1, 0.15) is 26.0 Å². The monoisotopic (exact) mass is 285 g/mol. The highest BCUT2D eigenvalue weighted by atomic mass is 32.2. The van der Waals surface area contributed by atoms with Gasteiger partial charge >= 0.3 is 0 Å². The molecule has 0 aliphatic carbocycles. The van der Waals surface area contributed by atoms with Crippen molar-refractivity contribution in [2.45, 2.75) is 32.7 Å². The third-order valence-corrected chi connectivity index (χ3v) is 3.97. The number of rotatable bonds is 9. The zero-order valence-corrected chi connectivity index (χ0v) is 12.4. The number of nitrogens with one attached hydrogen (secondary N) is 2. The SMILES string of the molecule is CC(C)NCCCNS(=O)(=O)CCc1ccccn1. The van der Waals surface area contributed by atoms with Crippen molar-refractivity contribution >= 4 is 10.0 Å². The molecule has 0 saturated heterocycles. The number of pyridine rings is 1. The van der Waals surface area contributed by atoms with E-state index in [0.29, 0.717) is 19.0 Å². The normalized spacial score (nSPS) is 11.9. The summed E-state index contributed by atoms with van der Waals surface area (Å²) in [6.07, 6.45) is 2.91. The zero-order chi connectivity index (χ0) is 14.1. The maximum atomic E-state index is 11.7. The van der Waals surface area contributed by atoms with Crippen molar-refractivity contribution in [1.29, 1.82) is 0 Å². The molecule has 6 heteroatoms. The average molecular weight is 285 g/mol. The molecule has 0 aliphatic rings. The van der Waals surface area contributed by atoms with Gasteiger partial charge in [0, 0.05) is 30.9 Å². The molecule has 1 rings (SSSR count). The summed E-state index contributed by atoms with van der Waals surface area (Å²) in [6, 6.07) is 5.95. The Morgan fingerprint density at radius 2 is 2.05 bits per heavy atom. The molecule has 0 atom stereocenters. The van der Waals surface area contributed by atoms with Crippen molar-refractivity contribution in [3.63, 3.8) is 0 Å². The van der Waals surface area contributed by atoms with E-state index in [0.717, 1.165) is 18.7 Å². The molecule has 19 heavy (non-hydrogen) atoms. The summed E-state index contributed by atoms with van der Waals surface area (Å²) >= 11 is 0. The molecule has 1 aromatic rings. The Morgan fingerprint density at radius 1 is 1.26 bits per heavy atom. The zero-order valence-electron chi connectivity index (χ0n) is 11.6. The van der Waals surface area contributed by atoms with Crippen molar-refractivity contribution < 1.29 is 8.42 Å². The Labute approximate surface area is 115 Å². The van der Waals surface area contributed by atoms with Crippen LogP contribution in [0.5, 0.6) is 0 Å². The summed E-state index contributed by atoms with van der Waals surface area (Å²) in [5, 5.41) is 3.24. The highest BCUT2D eigenvalue weighted by Gasteiger charge is 2.09. The molecule has 1 heterocycles. The molecule has 0 fully saturated rings. The van der Waals surface area contributed by atoms with E-state index in [4.69, 9.17) is 0 Å². The molecular weight excluding hydrogens is 262 g/mol. The molecule has 108 valence electrons. The van der Waals surface area contributed by atoms with E-state index < -0.39 is 10.0 Å². The van der Waals surface area contributed by atoms with E-state index >= 15 is 0 Å². The van der Waals surface area contributed by atoms with Crippen LogP contribution in [0, 0.1) is 0 Å². The molecule has 2 N–H and O–H groups in total. The molecule has 1 aromatic heterocycles. The van der Waals surface area contributed by atoms with Gasteiger partial charge in [-0.25, -0.2) is 13.1 Å². The fourth-order valence-electron chi connectivity index (χ4n) is 1.56. The maximum Gasteiger partial charge on any atom is 0.211 e. The highest BCUT2D eigenvalue weighted by molar-refractivity contribution is 7.89. The molecule has 0 amide bonds. The summed E-state index contributed by atoms with van der Waals surface area (Å²) in [6.45, 7) is 5.43. The standard InChI is InChI=1S/C13H23N3O2S/c1-12(2)14-9-5-10-16-19(17,18)11-7-13-6-3-4-8-15-13/h3-4,6,8,12,14,16H,5,7,9-11H2,1-2H3. The first-order valence-electron chi connectivity index (χ1n) is 6.60. The fourth-order valence-corrected chi connectivity index (χ4v) is 2.64. The predicted octanol–water partition coefficient (Wildman–Crippen LogP) is 0.932. The first kappa shape index (κ1) is 16.1. The summed E-state index contributed by atoms with van der Waals surface area (Å²) < 4.78 is 26.1. The highest BCUT2D eigenvalue weighted by Crippen LogP contribution is 1.97. The molecule has 0 bridgehead atoms. The van der Waals surface area contributed by atoms with Crippen LogP contribution in [0.4, 0.5) is 0 Å². The minimum atomic E-state index is -3.20. The number of hydrogen-bond donors (Lipinski definition) is 2. The summed E-state index contributed by atoms with van der Waals surface area (Å²) in [5.74, 6) is 0.0849. The number of hydrogen-bond acceptors (Lipinski definition) is 4. The Kier molecular flexibility index (Phi) is 6.97. The lowest BCUT2D eigenvalue weighted by Gasteiger charge is -2.09. The van der Waals surface area contributed by atoms with Crippen LogP contribution in [-0.2, 0) is 16.4 Å². The summed E-state index contributed by atoms with van der Waals surface area (Å²) in [4.78, 5) is 4.11. The average Bonchev–Trinajstić information content (AvgIpc) is 2.37. The van der Waals surface area contributed by atoms with Crippen molar-refractivity contribution in [1.82, 2.24) is 15.0 Å². The van der Waals surface area contributed by atoms with Crippen LogP contribution in [0.3, 0.4) is 0 Å². The quantitative estimate of drug-likeness (QED) is 0.662. The van der Waals surface area contributed by atoms with Gasteiger partial charge in [0.1, 0.15) is 0 Å². The molecule has 0 radical (unpaired) electrons. The Balaban J connectivity index is 2.21. The van der Waals surface area contributed by atoms with Crippen molar-refractivity contribution in [3.05, 3.63) is 30.1 Å². The number of aromatic nitrogens is 1.